The normalized spacial score (nSPS) is 13.9. The first-order valence-corrected chi connectivity index (χ1v) is 10.7. The van der Waals surface area contributed by atoms with E-state index < -0.39 is 22.1 Å². The number of benzene rings is 3. The number of rotatable bonds is 6. The van der Waals surface area contributed by atoms with Crippen molar-refractivity contribution in [2.24, 2.45) is 5.73 Å². The second-order valence-corrected chi connectivity index (χ2v) is 8.82. The molecule has 0 amide bonds. The summed E-state index contributed by atoms with van der Waals surface area (Å²) in [4.78, 5) is 0.319. The zero-order chi connectivity index (χ0) is 20.3. The third-order valence-electron chi connectivity index (χ3n) is 4.86. The summed E-state index contributed by atoms with van der Waals surface area (Å²) < 4.78 is 29.5. The van der Waals surface area contributed by atoms with Crippen molar-refractivity contribution < 1.29 is 8.42 Å². The van der Waals surface area contributed by atoms with E-state index in [1.54, 1.807) is 0 Å². The van der Waals surface area contributed by atoms with Crippen LogP contribution in [0.15, 0.2) is 77.7 Å². The molecule has 3 N–H and O–H groups in total. The quantitative estimate of drug-likeness (QED) is 0.653. The Kier molecular flexibility index (Phi) is 5.98. The Morgan fingerprint density at radius 2 is 1.25 bits per heavy atom. The van der Waals surface area contributed by atoms with E-state index in [-0.39, 0.29) is 0 Å². The van der Waals surface area contributed by atoms with Gasteiger partial charge in [0.15, 0.2) is 0 Å². The second-order valence-electron chi connectivity index (χ2n) is 7.17. The fourth-order valence-electron chi connectivity index (χ4n) is 3.69. The summed E-state index contributed by atoms with van der Waals surface area (Å²) in [5, 5.41) is 0. The van der Waals surface area contributed by atoms with Crippen LogP contribution in [-0.4, -0.2) is 8.42 Å². The molecule has 4 nitrogen and oxygen atoms in total. The molecule has 0 aliphatic carbocycles. The fourth-order valence-corrected chi connectivity index (χ4v) is 5.39. The monoisotopic (exact) mass is 394 g/mol. The molecular formula is C23H26N2O2S. The maximum atomic E-state index is 13.3. The molecule has 28 heavy (non-hydrogen) atoms. The minimum Gasteiger partial charge on any atom is -0.322 e. The van der Waals surface area contributed by atoms with Gasteiger partial charge in [0, 0.05) is 0 Å². The van der Waals surface area contributed by atoms with Gasteiger partial charge in [0.1, 0.15) is 0 Å². The molecule has 5 heteroatoms. The minimum atomic E-state index is -3.77. The SMILES string of the molecule is Cc1cc(C)c(S(=O)(=O)N[C@@H](c2ccccc2)C(N)c2ccccc2)c(C)c1. The summed E-state index contributed by atoms with van der Waals surface area (Å²) >= 11 is 0. The summed E-state index contributed by atoms with van der Waals surface area (Å²) in [6, 6.07) is 21.7. The summed E-state index contributed by atoms with van der Waals surface area (Å²) in [6.07, 6.45) is 0. The van der Waals surface area contributed by atoms with Gasteiger partial charge in [-0.2, -0.15) is 0 Å². The van der Waals surface area contributed by atoms with Crippen molar-refractivity contribution in [1.29, 1.82) is 0 Å². The lowest BCUT2D eigenvalue weighted by Crippen LogP contribution is -2.36. The molecule has 0 fully saturated rings. The predicted octanol–water partition coefficient (Wildman–Crippen LogP) is 4.33. The van der Waals surface area contributed by atoms with Gasteiger partial charge < -0.3 is 5.73 Å². The standard InChI is InChI=1S/C23H26N2O2S/c1-16-14-17(2)23(18(3)15-16)28(26,27)25-22(20-12-8-5-9-13-20)21(24)19-10-6-4-7-11-19/h4-15,21-22,25H,24H2,1-3H3/t21?,22-/m0/s1. The first-order chi connectivity index (χ1) is 13.3. The van der Waals surface area contributed by atoms with Crippen LogP contribution in [0.3, 0.4) is 0 Å². The molecule has 0 bridgehead atoms. The zero-order valence-corrected chi connectivity index (χ0v) is 17.2. The van der Waals surface area contributed by atoms with Gasteiger partial charge in [0.25, 0.3) is 0 Å². The van der Waals surface area contributed by atoms with Gasteiger partial charge in [-0.25, -0.2) is 13.1 Å². The lowest BCUT2D eigenvalue weighted by molar-refractivity contribution is 0.503. The van der Waals surface area contributed by atoms with Crippen LogP contribution < -0.4 is 10.5 Å². The Bertz CT molecular complexity index is 1030. The van der Waals surface area contributed by atoms with Crippen molar-refractivity contribution in [3.63, 3.8) is 0 Å². The largest absolute Gasteiger partial charge is 0.322 e. The fraction of sp³-hybridized carbons (Fsp3) is 0.217. The van der Waals surface area contributed by atoms with Crippen LogP contribution in [0.25, 0.3) is 0 Å². The highest BCUT2D eigenvalue weighted by molar-refractivity contribution is 7.89. The molecule has 0 aliphatic heterocycles. The zero-order valence-electron chi connectivity index (χ0n) is 16.4. The van der Waals surface area contributed by atoms with Gasteiger partial charge in [-0.3, -0.25) is 0 Å². The average Bonchev–Trinajstić information content (AvgIpc) is 2.66. The number of sulfonamides is 1. The molecule has 3 aromatic rings. The summed E-state index contributed by atoms with van der Waals surface area (Å²) in [5.41, 5.74) is 10.7. The number of hydrogen-bond acceptors (Lipinski definition) is 3. The highest BCUT2D eigenvalue weighted by atomic mass is 32.2. The Morgan fingerprint density at radius 1 is 0.786 bits per heavy atom. The Hall–Kier alpha value is -2.47. The maximum absolute atomic E-state index is 13.3. The van der Waals surface area contributed by atoms with Gasteiger partial charge in [0.2, 0.25) is 10.0 Å². The highest BCUT2D eigenvalue weighted by Gasteiger charge is 2.29. The predicted molar refractivity (Wildman–Crippen MR) is 114 cm³/mol. The third-order valence-corrected chi connectivity index (χ3v) is 6.60. The van der Waals surface area contributed by atoms with E-state index in [4.69, 9.17) is 5.73 Å². The second kappa shape index (κ2) is 8.27. The van der Waals surface area contributed by atoms with Crippen LogP contribution in [0.1, 0.15) is 39.9 Å². The Morgan fingerprint density at radius 3 is 1.75 bits per heavy atom. The van der Waals surface area contributed by atoms with Gasteiger partial charge in [0.05, 0.1) is 17.0 Å². The van der Waals surface area contributed by atoms with Crippen molar-refractivity contribution in [1.82, 2.24) is 4.72 Å². The molecule has 2 atom stereocenters. The van der Waals surface area contributed by atoms with Crippen molar-refractivity contribution in [2.45, 2.75) is 37.8 Å². The first-order valence-electron chi connectivity index (χ1n) is 9.25. The van der Waals surface area contributed by atoms with E-state index in [0.29, 0.717) is 4.90 Å². The van der Waals surface area contributed by atoms with Crippen molar-refractivity contribution >= 4 is 10.0 Å². The smallest absolute Gasteiger partial charge is 0.241 e. The summed E-state index contributed by atoms with van der Waals surface area (Å²) in [7, 11) is -3.77. The Balaban J connectivity index is 2.05. The lowest BCUT2D eigenvalue weighted by Gasteiger charge is -2.26. The van der Waals surface area contributed by atoms with Crippen LogP contribution in [0.2, 0.25) is 0 Å². The average molecular weight is 395 g/mol. The van der Waals surface area contributed by atoms with Gasteiger partial charge in [-0.05, 0) is 43.0 Å². The van der Waals surface area contributed by atoms with Crippen LogP contribution >= 0.6 is 0 Å². The molecule has 0 aliphatic rings. The summed E-state index contributed by atoms with van der Waals surface area (Å²) in [5.74, 6) is 0. The van der Waals surface area contributed by atoms with E-state index in [1.165, 1.54) is 0 Å². The van der Waals surface area contributed by atoms with Gasteiger partial charge >= 0.3 is 0 Å². The van der Waals surface area contributed by atoms with E-state index >= 15 is 0 Å². The van der Waals surface area contributed by atoms with E-state index in [1.807, 2.05) is 93.6 Å². The molecule has 3 rings (SSSR count). The van der Waals surface area contributed by atoms with Crippen molar-refractivity contribution in [2.75, 3.05) is 0 Å². The lowest BCUT2D eigenvalue weighted by atomic mass is 9.95. The molecular weight excluding hydrogens is 368 g/mol. The van der Waals surface area contributed by atoms with Gasteiger partial charge in [-0.15, -0.1) is 0 Å². The maximum Gasteiger partial charge on any atom is 0.241 e. The molecule has 0 spiro atoms. The van der Waals surface area contributed by atoms with E-state index in [2.05, 4.69) is 4.72 Å². The molecule has 146 valence electrons. The first kappa shape index (κ1) is 20.3. The van der Waals surface area contributed by atoms with Crippen molar-refractivity contribution in [3.05, 3.63) is 101 Å². The van der Waals surface area contributed by atoms with Gasteiger partial charge in [-0.1, -0.05) is 78.4 Å². The van der Waals surface area contributed by atoms with Crippen LogP contribution in [0.5, 0.6) is 0 Å². The number of aryl methyl sites for hydroxylation is 3. The molecule has 1 unspecified atom stereocenters. The molecule has 3 aromatic carbocycles. The van der Waals surface area contributed by atoms with Crippen molar-refractivity contribution in [3.8, 4) is 0 Å². The third kappa shape index (κ3) is 4.33. The molecule has 0 radical (unpaired) electrons. The molecule has 0 aromatic heterocycles. The van der Waals surface area contributed by atoms with Crippen LogP contribution in [0.4, 0.5) is 0 Å². The molecule has 0 saturated heterocycles. The Labute approximate surface area is 167 Å². The number of hydrogen-bond donors (Lipinski definition) is 2. The minimum absolute atomic E-state index is 0.319. The van der Waals surface area contributed by atoms with E-state index in [0.717, 1.165) is 27.8 Å². The summed E-state index contributed by atoms with van der Waals surface area (Å²) in [6.45, 7) is 5.61. The number of nitrogens with two attached hydrogens (primary N) is 1. The molecule has 0 heterocycles. The topological polar surface area (TPSA) is 72.2 Å². The highest BCUT2D eigenvalue weighted by Crippen LogP contribution is 2.30. The molecule has 0 saturated carbocycles. The van der Waals surface area contributed by atoms with Crippen LogP contribution in [0, 0.1) is 20.8 Å². The number of nitrogens with one attached hydrogen (secondary N) is 1. The van der Waals surface area contributed by atoms with Crippen LogP contribution in [-0.2, 0) is 10.0 Å². The van der Waals surface area contributed by atoms with E-state index in [9.17, 15) is 8.42 Å².